The average molecular weight is 597 g/mol. The number of amides is 1. The quantitative estimate of drug-likeness (QED) is 0.212. The van der Waals surface area contributed by atoms with E-state index in [1.54, 1.807) is 18.3 Å². The molecule has 0 spiro atoms. The molecule has 0 aliphatic carbocycles. The van der Waals surface area contributed by atoms with E-state index in [2.05, 4.69) is 55.7 Å². The summed E-state index contributed by atoms with van der Waals surface area (Å²) in [5.74, 6) is 0.121. The van der Waals surface area contributed by atoms with Crippen LogP contribution in [-0.4, -0.2) is 59.0 Å². The lowest BCUT2D eigenvalue weighted by Gasteiger charge is -2.34. The Balaban J connectivity index is 1.27. The first-order valence-electron chi connectivity index (χ1n) is 13.9. The van der Waals surface area contributed by atoms with Crippen molar-refractivity contribution >= 4 is 39.8 Å². The molecule has 3 aromatic carbocycles. The lowest BCUT2D eigenvalue weighted by molar-refractivity contribution is -0.137. The first-order chi connectivity index (χ1) is 21.2. The van der Waals surface area contributed by atoms with Crippen LogP contribution in [0.4, 0.5) is 36.1 Å². The number of hydrogen-bond donors (Lipinski definition) is 3. The van der Waals surface area contributed by atoms with Gasteiger partial charge in [0.1, 0.15) is 17.5 Å². The van der Waals surface area contributed by atoms with E-state index in [0.29, 0.717) is 17.0 Å². The fourth-order valence-electron chi connectivity index (χ4n) is 5.08. The summed E-state index contributed by atoms with van der Waals surface area (Å²) >= 11 is 0. The maximum Gasteiger partial charge on any atom is 0.416 e. The molecule has 44 heavy (non-hydrogen) atoms. The fraction of sp³-hybridized carbons (Fsp3) is 0.188. The van der Waals surface area contributed by atoms with Gasteiger partial charge < -0.3 is 25.4 Å². The number of likely N-dealkylation sites (N-methyl/N-ethyl adjacent to an activating group) is 1. The molecule has 3 N–H and O–H groups in total. The first kappa shape index (κ1) is 28.7. The Labute approximate surface area is 251 Å². The number of hydrogen-bond acceptors (Lipinski definition) is 7. The largest absolute Gasteiger partial charge is 0.416 e. The van der Waals surface area contributed by atoms with Crippen LogP contribution in [0.2, 0.25) is 0 Å². The van der Waals surface area contributed by atoms with Crippen LogP contribution in [-0.2, 0) is 6.18 Å². The molecule has 5 aromatic rings. The highest BCUT2D eigenvalue weighted by molar-refractivity contribution is 6.05. The fourth-order valence-corrected chi connectivity index (χ4v) is 5.08. The Bertz CT molecular complexity index is 1850. The Hall–Kier alpha value is -5.41. The molecule has 0 unspecified atom stereocenters. The van der Waals surface area contributed by atoms with Crippen molar-refractivity contribution < 1.29 is 18.0 Å². The van der Waals surface area contributed by atoms with Crippen molar-refractivity contribution in [2.45, 2.75) is 6.18 Å². The monoisotopic (exact) mass is 596 g/mol. The lowest BCUT2D eigenvalue weighted by atomic mass is 10.0. The summed E-state index contributed by atoms with van der Waals surface area (Å²) in [7, 11) is 2.12. The highest BCUT2D eigenvalue weighted by atomic mass is 19.4. The van der Waals surface area contributed by atoms with E-state index < -0.39 is 17.6 Å². The van der Waals surface area contributed by atoms with Crippen molar-refractivity contribution in [2.24, 2.45) is 0 Å². The molecular weight excluding hydrogens is 569 g/mol. The van der Waals surface area contributed by atoms with Gasteiger partial charge in [-0.25, -0.2) is 9.97 Å². The number of anilines is 4. The second-order valence-electron chi connectivity index (χ2n) is 10.5. The normalized spacial score (nSPS) is 13.9. The van der Waals surface area contributed by atoms with Gasteiger partial charge >= 0.3 is 6.18 Å². The summed E-state index contributed by atoms with van der Waals surface area (Å²) in [4.78, 5) is 30.0. The third-order valence-electron chi connectivity index (χ3n) is 7.55. The van der Waals surface area contributed by atoms with Crippen LogP contribution in [0, 0.1) is 11.3 Å². The highest BCUT2D eigenvalue weighted by Crippen LogP contribution is 2.32. The van der Waals surface area contributed by atoms with E-state index in [1.807, 2.05) is 18.2 Å². The summed E-state index contributed by atoms with van der Waals surface area (Å²) in [5.41, 5.74) is 2.35. The molecule has 0 radical (unpaired) electrons. The number of piperazine rings is 1. The van der Waals surface area contributed by atoms with Crippen molar-refractivity contribution in [3.05, 3.63) is 95.7 Å². The van der Waals surface area contributed by atoms with Crippen LogP contribution in [0.3, 0.4) is 0 Å². The molecule has 12 heteroatoms. The van der Waals surface area contributed by atoms with Crippen LogP contribution in [0.5, 0.6) is 0 Å². The summed E-state index contributed by atoms with van der Waals surface area (Å²) < 4.78 is 38.8. The first-order valence-corrected chi connectivity index (χ1v) is 13.9. The minimum absolute atomic E-state index is 0.0153. The molecule has 0 bridgehead atoms. The van der Waals surface area contributed by atoms with Gasteiger partial charge in [0.2, 0.25) is 0 Å². The summed E-state index contributed by atoms with van der Waals surface area (Å²) in [6, 6.07) is 20.8. The SMILES string of the molecule is CN1CCN(c2ccc(Nc3nc(-c4cccc(NC(=O)c5ccc(C(F)(F)F)cc5)c4C#N)nc4[nH]ccc34)cc2)CC1. The predicted octanol–water partition coefficient (Wildman–Crippen LogP) is 6.26. The number of nitrogens with one attached hydrogen (secondary N) is 3. The van der Waals surface area contributed by atoms with E-state index >= 15 is 0 Å². The van der Waals surface area contributed by atoms with Crippen LogP contribution in [0.1, 0.15) is 21.5 Å². The van der Waals surface area contributed by atoms with Crippen molar-refractivity contribution in [3.63, 3.8) is 0 Å². The number of H-pyrrole nitrogens is 1. The predicted molar refractivity (Wildman–Crippen MR) is 163 cm³/mol. The Morgan fingerprint density at radius 3 is 2.36 bits per heavy atom. The second kappa shape index (κ2) is 11.7. The number of aromatic nitrogens is 3. The number of aromatic amines is 1. The summed E-state index contributed by atoms with van der Waals surface area (Å²) in [6.45, 7) is 3.96. The zero-order valence-corrected chi connectivity index (χ0v) is 23.6. The van der Waals surface area contributed by atoms with Gasteiger partial charge in [0.05, 0.1) is 22.2 Å². The van der Waals surface area contributed by atoms with Gasteiger partial charge in [-0.3, -0.25) is 4.79 Å². The van der Waals surface area contributed by atoms with Gasteiger partial charge in [-0.05, 0) is 73.8 Å². The van der Waals surface area contributed by atoms with Gasteiger partial charge in [0, 0.05) is 54.9 Å². The number of nitrogens with zero attached hydrogens (tertiary/aromatic N) is 5. The highest BCUT2D eigenvalue weighted by Gasteiger charge is 2.30. The number of benzene rings is 3. The molecule has 1 fully saturated rings. The van der Waals surface area contributed by atoms with E-state index in [9.17, 15) is 23.2 Å². The molecule has 1 amide bonds. The van der Waals surface area contributed by atoms with E-state index in [0.717, 1.165) is 67.2 Å². The molecule has 1 aliphatic rings. The standard InChI is InChI=1S/C32H27F3N8O/c1-42-15-17-43(18-16-42)23-11-9-22(10-12-23)38-30-25-13-14-37-28(25)40-29(41-30)24-3-2-4-27(26(24)19-36)39-31(44)20-5-7-21(8-6-20)32(33,34)35/h2-14H,15-18H2,1H3,(H,39,44)(H2,37,38,40,41). The number of nitriles is 1. The van der Waals surface area contributed by atoms with Gasteiger partial charge in [0.25, 0.3) is 5.91 Å². The van der Waals surface area contributed by atoms with Crippen molar-refractivity contribution in [1.82, 2.24) is 19.9 Å². The number of carbonyl (C=O) groups is 1. The molecule has 1 aliphatic heterocycles. The van der Waals surface area contributed by atoms with Crippen LogP contribution in [0.15, 0.2) is 79.0 Å². The van der Waals surface area contributed by atoms with Crippen molar-refractivity contribution in [3.8, 4) is 17.5 Å². The maximum atomic E-state index is 12.9. The van der Waals surface area contributed by atoms with Crippen LogP contribution in [0.25, 0.3) is 22.4 Å². The molecule has 2 aromatic heterocycles. The Morgan fingerprint density at radius 2 is 1.68 bits per heavy atom. The topological polar surface area (TPSA) is 113 Å². The molecule has 9 nitrogen and oxygen atoms in total. The van der Waals surface area contributed by atoms with Crippen molar-refractivity contribution in [1.29, 1.82) is 5.26 Å². The number of fused-ring (bicyclic) bond motifs is 1. The molecular formula is C32H27F3N8O. The van der Waals surface area contributed by atoms with Crippen LogP contribution < -0.4 is 15.5 Å². The molecule has 1 saturated heterocycles. The molecule has 0 saturated carbocycles. The Morgan fingerprint density at radius 1 is 0.955 bits per heavy atom. The third kappa shape index (κ3) is 5.91. The van der Waals surface area contributed by atoms with E-state index in [1.165, 1.54) is 6.07 Å². The lowest BCUT2D eigenvalue weighted by Crippen LogP contribution is -2.44. The molecule has 3 heterocycles. The number of rotatable bonds is 6. The van der Waals surface area contributed by atoms with Gasteiger partial charge in [-0.15, -0.1) is 0 Å². The molecule has 6 rings (SSSR count). The molecule has 0 atom stereocenters. The van der Waals surface area contributed by atoms with E-state index in [-0.39, 0.29) is 22.6 Å². The Kier molecular flexibility index (Phi) is 7.63. The van der Waals surface area contributed by atoms with Gasteiger partial charge in [0.15, 0.2) is 5.82 Å². The minimum atomic E-state index is -4.51. The van der Waals surface area contributed by atoms with Gasteiger partial charge in [-0.1, -0.05) is 6.07 Å². The maximum absolute atomic E-state index is 12.9. The second-order valence-corrected chi connectivity index (χ2v) is 10.5. The van der Waals surface area contributed by atoms with Crippen LogP contribution >= 0.6 is 0 Å². The number of halogens is 3. The van der Waals surface area contributed by atoms with Crippen molar-refractivity contribution in [2.75, 3.05) is 48.8 Å². The summed E-state index contributed by atoms with van der Waals surface area (Å²) in [5, 5.41) is 16.8. The zero-order chi connectivity index (χ0) is 30.8. The van der Waals surface area contributed by atoms with E-state index in [4.69, 9.17) is 4.98 Å². The molecule has 222 valence electrons. The zero-order valence-electron chi connectivity index (χ0n) is 23.6. The smallest absolute Gasteiger partial charge is 0.369 e. The number of alkyl halides is 3. The third-order valence-corrected chi connectivity index (χ3v) is 7.55. The number of carbonyl (C=O) groups excluding carboxylic acids is 1. The minimum Gasteiger partial charge on any atom is -0.369 e. The summed E-state index contributed by atoms with van der Waals surface area (Å²) in [6.07, 6.45) is -2.77. The van der Waals surface area contributed by atoms with Gasteiger partial charge in [-0.2, -0.15) is 18.4 Å². The average Bonchev–Trinajstić information content (AvgIpc) is 3.51.